The van der Waals surface area contributed by atoms with E-state index < -0.39 is 10.0 Å². The largest absolute Gasteiger partial charge is 0.323 e. The van der Waals surface area contributed by atoms with Crippen molar-refractivity contribution in [2.75, 3.05) is 10.1 Å². The van der Waals surface area contributed by atoms with Gasteiger partial charge in [0.05, 0.1) is 5.69 Å². The second-order valence-electron chi connectivity index (χ2n) is 3.97. The van der Waals surface area contributed by atoms with Crippen LogP contribution in [-0.4, -0.2) is 13.4 Å². The molecule has 0 aliphatic carbocycles. The minimum atomic E-state index is -3.72. The van der Waals surface area contributed by atoms with Crippen LogP contribution in [0.4, 0.5) is 11.5 Å². The maximum Gasteiger partial charge on any atom is 0.265 e. The minimum Gasteiger partial charge on any atom is -0.323 e. The van der Waals surface area contributed by atoms with Crippen LogP contribution in [0, 0.1) is 6.92 Å². The highest BCUT2D eigenvalue weighted by Crippen LogP contribution is 2.21. The maximum atomic E-state index is 12.2. The van der Waals surface area contributed by atoms with E-state index >= 15 is 0 Å². The molecule has 0 fully saturated rings. The SMILES string of the molecule is Cc1ccc(NS(=O)(=O)c2ccccc2NN)nc1. The Balaban J connectivity index is 2.35. The number of nitrogens with one attached hydrogen (secondary N) is 2. The van der Waals surface area contributed by atoms with Gasteiger partial charge in [-0.2, -0.15) is 0 Å². The summed E-state index contributed by atoms with van der Waals surface area (Å²) in [5, 5.41) is 0. The number of pyridine rings is 1. The highest BCUT2D eigenvalue weighted by Gasteiger charge is 2.18. The molecule has 2 aromatic rings. The molecule has 100 valence electrons. The summed E-state index contributed by atoms with van der Waals surface area (Å²) < 4.78 is 26.8. The first-order chi connectivity index (χ1) is 9.03. The van der Waals surface area contributed by atoms with Gasteiger partial charge in [-0.1, -0.05) is 18.2 Å². The van der Waals surface area contributed by atoms with Crippen molar-refractivity contribution in [1.29, 1.82) is 0 Å². The molecular formula is C12H14N4O2S. The first-order valence-electron chi connectivity index (χ1n) is 5.54. The molecule has 0 saturated heterocycles. The summed E-state index contributed by atoms with van der Waals surface area (Å²) >= 11 is 0. The Morgan fingerprint density at radius 1 is 1.16 bits per heavy atom. The number of aryl methyl sites for hydroxylation is 1. The van der Waals surface area contributed by atoms with Crippen molar-refractivity contribution in [3.8, 4) is 0 Å². The second kappa shape index (κ2) is 5.25. The number of hydrogen-bond donors (Lipinski definition) is 3. The van der Waals surface area contributed by atoms with Gasteiger partial charge in [-0.3, -0.25) is 10.6 Å². The topological polar surface area (TPSA) is 97.1 Å². The number of hydrogen-bond acceptors (Lipinski definition) is 5. The predicted molar refractivity (Wildman–Crippen MR) is 74.0 cm³/mol. The lowest BCUT2D eigenvalue weighted by molar-refractivity contribution is 0.601. The smallest absolute Gasteiger partial charge is 0.265 e. The van der Waals surface area contributed by atoms with Crippen LogP contribution in [0.1, 0.15) is 5.56 Å². The molecule has 1 aromatic heterocycles. The summed E-state index contributed by atoms with van der Waals surface area (Å²) in [6.45, 7) is 1.87. The van der Waals surface area contributed by atoms with Crippen molar-refractivity contribution in [2.45, 2.75) is 11.8 Å². The summed E-state index contributed by atoms with van der Waals surface area (Å²) in [6, 6.07) is 9.74. The zero-order valence-electron chi connectivity index (χ0n) is 10.3. The Morgan fingerprint density at radius 2 is 1.89 bits per heavy atom. The molecular weight excluding hydrogens is 264 g/mol. The van der Waals surface area contributed by atoms with E-state index in [-0.39, 0.29) is 10.7 Å². The Hall–Kier alpha value is -2.12. The van der Waals surface area contributed by atoms with Gasteiger partial charge in [-0.05, 0) is 30.7 Å². The van der Waals surface area contributed by atoms with Crippen molar-refractivity contribution >= 4 is 21.5 Å². The molecule has 0 unspecified atom stereocenters. The predicted octanol–water partition coefficient (Wildman–Crippen LogP) is 1.48. The van der Waals surface area contributed by atoms with E-state index in [1.165, 1.54) is 6.07 Å². The number of hydrazine groups is 1. The molecule has 2 rings (SSSR count). The molecule has 0 amide bonds. The monoisotopic (exact) mass is 278 g/mol. The number of aromatic nitrogens is 1. The minimum absolute atomic E-state index is 0.0693. The van der Waals surface area contributed by atoms with Gasteiger partial charge in [-0.15, -0.1) is 0 Å². The first-order valence-corrected chi connectivity index (χ1v) is 7.02. The average Bonchev–Trinajstić information content (AvgIpc) is 2.41. The molecule has 4 N–H and O–H groups in total. The van der Waals surface area contributed by atoms with E-state index in [9.17, 15) is 8.42 Å². The van der Waals surface area contributed by atoms with Crippen LogP contribution in [0.2, 0.25) is 0 Å². The van der Waals surface area contributed by atoms with Gasteiger partial charge in [0.25, 0.3) is 10.0 Å². The summed E-state index contributed by atoms with van der Waals surface area (Å²) in [4.78, 5) is 4.07. The molecule has 0 spiro atoms. The number of anilines is 2. The fourth-order valence-corrected chi connectivity index (χ4v) is 2.72. The third-order valence-corrected chi connectivity index (χ3v) is 3.90. The van der Waals surface area contributed by atoms with Crippen molar-refractivity contribution in [1.82, 2.24) is 4.98 Å². The van der Waals surface area contributed by atoms with Crippen LogP contribution in [0.5, 0.6) is 0 Å². The van der Waals surface area contributed by atoms with Gasteiger partial charge in [0.2, 0.25) is 0 Å². The van der Waals surface area contributed by atoms with E-state index in [1.54, 1.807) is 36.5 Å². The highest BCUT2D eigenvalue weighted by atomic mass is 32.2. The number of sulfonamides is 1. The molecule has 0 saturated carbocycles. The van der Waals surface area contributed by atoms with Gasteiger partial charge in [0.15, 0.2) is 0 Å². The number of para-hydroxylation sites is 1. The fourth-order valence-electron chi connectivity index (χ4n) is 1.54. The molecule has 19 heavy (non-hydrogen) atoms. The quantitative estimate of drug-likeness (QED) is 0.581. The molecule has 0 bridgehead atoms. The average molecular weight is 278 g/mol. The zero-order valence-corrected chi connectivity index (χ0v) is 11.1. The zero-order chi connectivity index (χ0) is 13.9. The van der Waals surface area contributed by atoms with Crippen LogP contribution in [0.3, 0.4) is 0 Å². The van der Waals surface area contributed by atoms with E-state index in [1.807, 2.05) is 6.92 Å². The molecule has 1 aromatic carbocycles. The molecule has 7 heteroatoms. The van der Waals surface area contributed by atoms with E-state index in [0.29, 0.717) is 5.69 Å². The van der Waals surface area contributed by atoms with Crippen LogP contribution in [0.15, 0.2) is 47.5 Å². The lowest BCUT2D eigenvalue weighted by Gasteiger charge is -2.11. The van der Waals surface area contributed by atoms with E-state index in [2.05, 4.69) is 15.1 Å². The van der Waals surface area contributed by atoms with Crippen molar-refractivity contribution < 1.29 is 8.42 Å². The van der Waals surface area contributed by atoms with Gasteiger partial charge in [0, 0.05) is 6.20 Å². The van der Waals surface area contributed by atoms with Crippen LogP contribution < -0.4 is 16.0 Å². The normalized spacial score (nSPS) is 11.1. The standard InChI is InChI=1S/C12H14N4O2S/c1-9-6-7-12(14-8-9)16-19(17,18)11-5-3-2-4-10(11)15-13/h2-8,15H,13H2,1H3,(H,14,16). The molecule has 0 radical (unpaired) electrons. The molecule has 1 heterocycles. The van der Waals surface area contributed by atoms with E-state index in [4.69, 9.17) is 5.84 Å². The summed E-state index contributed by atoms with van der Waals surface area (Å²) in [7, 11) is -3.72. The maximum absolute atomic E-state index is 12.2. The van der Waals surface area contributed by atoms with Crippen molar-refractivity contribution in [3.63, 3.8) is 0 Å². The van der Waals surface area contributed by atoms with Crippen molar-refractivity contribution in [2.24, 2.45) is 5.84 Å². The summed E-state index contributed by atoms with van der Waals surface area (Å²) in [5.74, 6) is 5.56. The fraction of sp³-hybridized carbons (Fsp3) is 0.0833. The first kappa shape index (κ1) is 13.3. The second-order valence-corrected chi connectivity index (χ2v) is 5.62. The number of nitrogen functional groups attached to an aromatic ring is 1. The van der Waals surface area contributed by atoms with Crippen LogP contribution in [0.25, 0.3) is 0 Å². The lowest BCUT2D eigenvalue weighted by atomic mass is 10.3. The number of nitrogens with two attached hydrogens (primary N) is 1. The number of nitrogens with zero attached hydrogens (tertiary/aromatic N) is 1. The molecule has 0 aliphatic rings. The van der Waals surface area contributed by atoms with Gasteiger partial charge >= 0.3 is 0 Å². The summed E-state index contributed by atoms with van der Waals surface area (Å²) in [5.41, 5.74) is 3.63. The highest BCUT2D eigenvalue weighted by molar-refractivity contribution is 7.92. The Kier molecular flexibility index (Phi) is 3.68. The van der Waals surface area contributed by atoms with Gasteiger partial charge < -0.3 is 5.43 Å². The van der Waals surface area contributed by atoms with Crippen molar-refractivity contribution in [3.05, 3.63) is 48.2 Å². The Bertz CT molecular complexity index is 668. The Labute approximate surface area is 111 Å². The van der Waals surface area contributed by atoms with Gasteiger partial charge in [-0.25, -0.2) is 13.4 Å². The third-order valence-electron chi connectivity index (χ3n) is 2.48. The van der Waals surface area contributed by atoms with Crippen LogP contribution >= 0.6 is 0 Å². The molecule has 0 atom stereocenters. The number of benzene rings is 1. The number of rotatable bonds is 4. The lowest BCUT2D eigenvalue weighted by Crippen LogP contribution is -2.18. The molecule has 6 nitrogen and oxygen atoms in total. The Morgan fingerprint density at radius 3 is 2.53 bits per heavy atom. The van der Waals surface area contributed by atoms with Crippen LogP contribution in [-0.2, 0) is 10.0 Å². The van der Waals surface area contributed by atoms with Gasteiger partial charge in [0.1, 0.15) is 10.7 Å². The third kappa shape index (κ3) is 3.01. The summed E-state index contributed by atoms with van der Waals surface area (Å²) in [6.07, 6.45) is 1.59. The van der Waals surface area contributed by atoms with E-state index in [0.717, 1.165) is 5.56 Å². The molecule has 0 aliphatic heterocycles.